The van der Waals surface area contributed by atoms with Crippen molar-refractivity contribution in [1.29, 1.82) is 0 Å². The van der Waals surface area contributed by atoms with E-state index in [1.54, 1.807) is 31.5 Å². The van der Waals surface area contributed by atoms with E-state index in [-0.39, 0.29) is 31.3 Å². The zero-order chi connectivity index (χ0) is 26.4. The number of piperidine rings is 1. The number of aromatic nitrogens is 2. The van der Waals surface area contributed by atoms with E-state index < -0.39 is 29.0 Å². The number of nitrogens with one attached hydrogen (secondary N) is 1. The van der Waals surface area contributed by atoms with Crippen LogP contribution in [0.2, 0.25) is 0 Å². The maximum Gasteiger partial charge on any atom is 0.329 e. The monoisotopic (exact) mass is 503 g/mol. The number of amides is 3. The molecule has 2 N–H and O–H groups in total. The smallest absolute Gasteiger partial charge is 0.329 e. The van der Waals surface area contributed by atoms with Gasteiger partial charge in [0, 0.05) is 37.5 Å². The molecule has 0 bridgehead atoms. The average Bonchev–Trinajstić information content (AvgIpc) is 3.10. The summed E-state index contributed by atoms with van der Waals surface area (Å²) in [7, 11) is 0. The van der Waals surface area contributed by atoms with Crippen LogP contribution >= 0.6 is 0 Å². The van der Waals surface area contributed by atoms with Crippen LogP contribution in [0.1, 0.15) is 66.3 Å². The summed E-state index contributed by atoms with van der Waals surface area (Å²) in [6.45, 7) is 10.1. The fourth-order valence-electron chi connectivity index (χ4n) is 4.72. The van der Waals surface area contributed by atoms with Gasteiger partial charge in [0.25, 0.3) is 0 Å². The van der Waals surface area contributed by atoms with Gasteiger partial charge in [0.05, 0.1) is 23.2 Å². The van der Waals surface area contributed by atoms with Crippen LogP contribution in [0, 0.1) is 5.82 Å². The Hall–Kier alpha value is -3.21. The van der Waals surface area contributed by atoms with E-state index in [9.17, 15) is 19.5 Å². The minimum atomic E-state index is -1.20. The van der Waals surface area contributed by atoms with E-state index in [1.165, 1.54) is 11.0 Å². The van der Waals surface area contributed by atoms with Crippen LogP contribution in [-0.2, 0) is 14.3 Å². The fraction of sp³-hybridized carbons (Fsp3) is 0.600. The Bertz CT molecular complexity index is 1190. The van der Waals surface area contributed by atoms with Crippen molar-refractivity contribution in [2.75, 3.05) is 29.4 Å². The fourth-order valence-corrected chi connectivity index (χ4v) is 4.72. The van der Waals surface area contributed by atoms with Crippen LogP contribution in [0.3, 0.4) is 0 Å². The number of ether oxygens (including phenoxy) is 1. The molecule has 2 fully saturated rings. The molecule has 1 aromatic carbocycles. The lowest BCUT2D eigenvalue weighted by Crippen LogP contribution is -2.49. The number of carbonyl (C=O) groups is 3. The van der Waals surface area contributed by atoms with Crippen molar-refractivity contribution in [3.8, 4) is 0 Å². The molecule has 0 unspecified atom stereocenters. The van der Waals surface area contributed by atoms with Gasteiger partial charge in [0.1, 0.15) is 11.4 Å². The Balaban J connectivity index is 1.58. The first-order valence-electron chi connectivity index (χ1n) is 12.3. The molecule has 1 aromatic heterocycles. The molecule has 36 heavy (non-hydrogen) atoms. The molecule has 0 saturated carbocycles. The zero-order valence-electron chi connectivity index (χ0n) is 21.4. The van der Waals surface area contributed by atoms with Crippen LogP contribution in [0.5, 0.6) is 0 Å². The van der Waals surface area contributed by atoms with Crippen LogP contribution in [-0.4, -0.2) is 63.6 Å². The van der Waals surface area contributed by atoms with Gasteiger partial charge in [-0.05, 0) is 59.6 Å². The molecule has 2 aliphatic rings. The first-order valence-corrected chi connectivity index (χ1v) is 12.3. The number of hydrogen-bond acceptors (Lipinski definition) is 7. The molecular formula is C25H34FN5O5. The van der Waals surface area contributed by atoms with Gasteiger partial charge in [0.15, 0.2) is 5.82 Å². The Morgan fingerprint density at radius 3 is 2.47 bits per heavy atom. The number of esters is 1. The number of carbonyl (C=O) groups excluding carboxylic acids is 3. The number of nitrogens with zero attached hydrogens (tertiary/aromatic N) is 4. The third-order valence-electron chi connectivity index (χ3n) is 6.48. The number of urea groups is 1. The third-order valence-corrected chi connectivity index (χ3v) is 6.48. The second kappa shape index (κ2) is 9.34. The van der Waals surface area contributed by atoms with Crippen molar-refractivity contribution < 1.29 is 28.6 Å². The Kier molecular flexibility index (Phi) is 6.72. The number of imide groups is 1. The maximum absolute atomic E-state index is 15.4. The van der Waals surface area contributed by atoms with E-state index in [0.29, 0.717) is 48.3 Å². The molecule has 2 saturated heterocycles. The minimum absolute atomic E-state index is 0.0608. The van der Waals surface area contributed by atoms with Gasteiger partial charge in [-0.25, -0.2) is 9.18 Å². The number of halogens is 1. The highest BCUT2D eigenvalue weighted by Gasteiger charge is 2.37. The number of fused-ring (bicyclic) bond motifs is 1. The average molecular weight is 504 g/mol. The minimum Gasteiger partial charge on any atom is -0.460 e. The van der Waals surface area contributed by atoms with E-state index in [2.05, 4.69) is 10.4 Å². The first kappa shape index (κ1) is 25.9. The Labute approximate surface area is 209 Å². The Morgan fingerprint density at radius 1 is 1.22 bits per heavy atom. The lowest BCUT2D eigenvalue weighted by molar-refractivity contribution is -0.161. The standard InChI is InChI=1S/C25H34FN5O5/c1-15(2)31-18-13-19(29-10-7-25(35,8-11-29)14-21(33)36-24(3,4)5)17(26)12-16(18)22(28-31)30-9-6-20(32)27-23(30)34/h12-13,15,35H,6-11,14H2,1-5H3,(H,27,32,34). The van der Waals surface area contributed by atoms with Crippen LogP contribution < -0.4 is 15.1 Å². The number of anilines is 2. The summed E-state index contributed by atoms with van der Waals surface area (Å²) >= 11 is 0. The van der Waals surface area contributed by atoms with E-state index >= 15 is 4.39 Å². The molecule has 10 nitrogen and oxygen atoms in total. The van der Waals surface area contributed by atoms with E-state index in [4.69, 9.17) is 4.74 Å². The predicted octanol–water partition coefficient (Wildman–Crippen LogP) is 3.27. The number of aliphatic hydroxyl groups is 1. The van der Waals surface area contributed by atoms with Gasteiger partial charge in [-0.3, -0.25) is 24.5 Å². The zero-order valence-corrected chi connectivity index (χ0v) is 21.4. The topological polar surface area (TPSA) is 117 Å². The summed E-state index contributed by atoms with van der Waals surface area (Å²) in [5, 5.41) is 18.3. The largest absolute Gasteiger partial charge is 0.460 e. The van der Waals surface area contributed by atoms with Gasteiger partial charge in [-0.2, -0.15) is 5.10 Å². The highest BCUT2D eigenvalue weighted by molar-refractivity contribution is 6.09. The molecule has 4 rings (SSSR count). The number of hydrogen-bond donors (Lipinski definition) is 2. The molecule has 0 spiro atoms. The second-order valence-electron chi connectivity index (χ2n) is 10.9. The molecule has 2 aliphatic heterocycles. The van der Waals surface area contributed by atoms with Crippen LogP contribution in [0.15, 0.2) is 12.1 Å². The van der Waals surface area contributed by atoms with Gasteiger partial charge in [0.2, 0.25) is 5.91 Å². The second-order valence-corrected chi connectivity index (χ2v) is 10.9. The normalized spacial score (nSPS) is 18.7. The first-order chi connectivity index (χ1) is 16.8. The molecule has 0 radical (unpaired) electrons. The summed E-state index contributed by atoms with van der Waals surface area (Å²) in [6.07, 6.45) is 0.618. The quantitative estimate of drug-likeness (QED) is 0.602. The lowest BCUT2D eigenvalue weighted by atomic mass is 9.88. The molecule has 2 aromatic rings. The third kappa shape index (κ3) is 5.30. The molecule has 0 aliphatic carbocycles. The molecule has 3 amide bonds. The van der Waals surface area contributed by atoms with Crippen molar-refractivity contribution in [2.45, 2.75) is 77.5 Å². The number of rotatable bonds is 5. The molecular weight excluding hydrogens is 469 g/mol. The van der Waals surface area contributed by atoms with Crippen molar-refractivity contribution in [2.24, 2.45) is 0 Å². The van der Waals surface area contributed by atoms with Gasteiger partial charge in [-0.15, -0.1) is 0 Å². The molecule has 0 atom stereocenters. The van der Waals surface area contributed by atoms with Crippen molar-refractivity contribution in [3.05, 3.63) is 17.9 Å². The van der Waals surface area contributed by atoms with Crippen LogP contribution in [0.4, 0.5) is 20.7 Å². The maximum atomic E-state index is 15.4. The van der Waals surface area contributed by atoms with Crippen molar-refractivity contribution in [3.63, 3.8) is 0 Å². The van der Waals surface area contributed by atoms with Crippen molar-refractivity contribution >= 4 is 40.3 Å². The van der Waals surface area contributed by atoms with Gasteiger partial charge < -0.3 is 14.7 Å². The molecule has 11 heteroatoms. The Morgan fingerprint density at radius 2 is 1.89 bits per heavy atom. The summed E-state index contributed by atoms with van der Waals surface area (Å²) < 4.78 is 22.5. The number of benzene rings is 1. The van der Waals surface area contributed by atoms with Crippen LogP contribution in [0.25, 0.3) is 10.9 Å². The van der Waals surface area contributed by atoms with Gasteiger partial charge in [-0.1, -0.05) is 0 Å². The molecule has 3 heterocycles. The van der Waals surface area contributed by atoms with Crippen molar-refractivity contribution in [1.82, 2.24) is 15.1 Å². The SMILES string of the molecule is CC(C)n1nc(N2CCC(=O)NC2=O)c2cc(F)c(N3CCC(O)(CC(=O)OC(C)(C)C)CC3)cc21. The van der Waals surface area contributed by atoms with E-state index in [1.807, 2.05) is 18.7 Å². The summed E-state index contributed by atoms with van der Waals surface area (Å²) in [5.41, 5.74) is -0.801. The summed E-state index contributed by atoms with van der Waals surface area (Å²) in [6, 6.07) is 2.45. The lowest BCUT2D eigenvalue weighted by Gasteiger charge is -2.39. The summed E-state index contributed by atoms with van der Waals surface area (Å²) in [4.78, 5) is 39.5. The predicted molar refractivity (Wildman–Crippen MR) is 132 cm³/mol. The summed E-state index contributed by atoms with van der Waals surface area (Å²) in [5.74, 6) is -0.977. The van der Waals surface area contributed by atoms with Gasteiger partial charge >= 0.3 is 12.0 Å². The highest BCUT2D eigenvalue weighted by atomic mass is 19.1. The molecule has 196 valence electrons. The van der Waals surface area contributed by atoms with E-state index in [0.717, 1.165) is 0 Å². The highest BCUT2D eigenvalue weighted by Crippen LogP contribution is 2.36.